The average molecular weight is 776 g/mol. The van der Waals surface area contributed by atoms with E-state index in [0.29, 0.717) is 30.2 Å². The van der Waals surface area contributed by atoms with Crippen molar-refractivity contribution >= 4 is 73.8 Å². The van der Waals surface area contributed by atoms with Gasteiger partial charge in [-0.15, -0.1) is 21.5 Å². The number of aromatic nitrogens is 3. The second-order valence-corrected chi connectivity index (χ2v) is 16.0. The van der Waals surface area contributed by atoms with Crippen LogP contribution in [0.4, 0.5) is 5.69 Å². The monoisotopic (exact) mass is 775 g/mol. The number of aryl methyl sites for hydroxylation is 2. The molecule has 2 aliphatic rings. The molecule has 6 aromatic rings. The van der Waals surface area contributed by atoms with Crippen LogP contribution in [0.5, 0.6) is 0 Å². The normalized spacial score (nSPS) is 16.8. The van der Waals surface area contributed by atoms with E-state index < -0.39 is 12.0 Å². The summed E-state index contributed by atoms with van der Waals surface area (Å²) in [7, 11) is 0. The van der Waals surface area contributed by atoms with E-state index in [1.807, 2.05) is 43.3 Å². The molecule has 1 saturated heterocycles. The molecule has 11 nitrogen and oxygen atoms in total. The summed E-state index contributed by atoms with van der Waals surface area (Å²) in [5.41, 5.74) is 6.56. The number of imide groups is 1. The van der Waals surface area contributed by atoms with Gasteiger partial charge >= 0.3 is 0 Å². The summed E-state index contributed by atoms with van der Waals surface area (Å²) in [5, 5.41) is 22.7. The number of aliphatic imine (C=N–C) groups is 1. The maximum atomic E-state index is 13.3. The summed E-state index contributed by atoms with van der Waals surface area (Å²) < 4.78 is 7.88. The Morgan fingerprint density at radius 2 is 1.80 bits per heavy atom. The van der Waals surface area contributed by atoms with E-state index in [1.54, 1.807) is 17.6 Å². The molecule has 0 bridgehead atoms. The van der Waals surface area contributed by atoms with Crippen molar-refractivity contribution in [3.63, 3.8) is 0 Å². The molecule has 0 spiro atoms. The van der Waals surface area contributed by atoms with Crippen LogP contribution in [0.1, 0.15) is 95.7 Å². The number of unbranched alkanes of at least 4 members (excludes halogenated alkanes) is 3. The predicted molar refractivity (Wildman–Crippen MR) is 217 cm³/mol. The minimum absolute atomic E-state index is 0.0653. The molecule has 1 fully saturated rings. The van der Waals surface area contributed by atoms with Crippen molar-refractivity contribution in [3.05, 3.63) is 105 Å². The highest BCUT2D eigenvalue weighted by molar-refractivity contribution is 7.15. The molecule has 0 saturated carbocycles. The zero-order valence-corrected chi connectivity index (χ0v) is 32.6. The Morgan fingerprint density at radius 1 is 1.00 bits per heavy atom. The number of fused-ring (bicyclic) bond motifs is 6. The third kappa shape index (κ3) is 7.28. The first-order valence-corrected chi connectivity index (χ1v) is 20.0. The highest BCUT2D eigenvalue weighted by Crippen LogP contribution is 2.40. The molecule has 3 aromatic heterocycles. The van der Waals surface area contributed by atoms with Crippen LogP contribution in [-0.2, 0) is 14.4 Å². The Bertz CT molecular complexity index is 2480. The van der Waals surface area contributed by atoms with Crippen LogP contribution in [0.15, 0.2) is 70.3 Å². The fraction of sp³-hybridized carbons (Fsp3) is 0.333. The van der Waals surface area contributed by atoms with Gasteiger partial charge in [-0.05, 0) is 86.7 Å². The van der Waals surface area contributed by atoms with Gasteiger partial charge in [0.1, 0.15) is 22.5 Å². The number of benzene rings is 3. The van der Waals surface area contributed by atoms with Gasteiger partial charge in [0.2, 0.25) is 17.7 Å². The molecule has 55 heavy (non-hydrogen) atoms. The Morgan fingerprint density at radius 3 is 2.60 bits per heavy atom. The molecule has 0 aliphatic carbocycles. The van der Waals surface area contributed by atoms with E-state index >= 15 is 0 Å². The van der Waals surface area contributed by atoms with Gasteiger partial charge in [-0.3, -0.25) is 29.3 Å². The van der Waals surface area contributed by atoms with E-state index in [9.17, 15) is 14.4 Å². The van der Waals surface area contributed by atoms with Crippen LogP contribution in [0.3, 0.4) is 0 Å². The molecule has 282 valence electrons. The van der Waals surface area contributed by atoms with Crippen LogP contribution < -0.4 is 16.0 Å². The third-order valence-electron chi connectivity index (χ3n) is 10.7. The van der Waals surface area contributed by atoms with Crippen molar-refractivity contribution in [3.8, 4) is 5.00 Å². The zero-order valence-electron chi connectivity index (χ0n) is 31.0. The maximum Gasteiger partial charge on any atom is 0.234 e. The number of carbonyl (C=O) groups excluding carboxylic acids is 3. The standard InChI is InChI=1S/C42H42ClN7O4S/c1-23-24(2)55-42-37(23)39(26-8-11-28(43)12-9-26)46-33(40-49-48-25(3)50(40)42)21-36(52)45-19-7-5-4-6-18-44-29-13-14-30-27(20-29)10-16-34-38(30)32(22-54-34)31-15-17-35(51)47-41(31)53/h8-14,16,20,22,31,33,44H,4-7,15,17-19,21H2,1-3H3,(H,45,52)(H,47,51,53)/t31?,33-/m0/s1. The molecule has 3 aromatic carbocycles. The Labute approximate surface area is 327 Å². The van der Waals surface area contributed by atoms with Crippen molar-refractivity contribution in [2.24, 2.45) is 4.99 Å². The predicted octanol–water partition coefficient (Wildman–Crippen LogP) is 8.40. The number of rotatable bonds is 12. The number of amides is 3. The number of carbonyl (C=O) groups is 3. The summed E-state index contributed by atoms with van der Waals surface area (Å²) in [5.74, 6) is 0.468. The quantitative estimate of drug-likeness (QED) is 0.0837. The minimum Gasteiger partial charge on any atom is -0.464 e. The number of furan rings is 1. The molecular weight excluding hydrogens is 734 g/mol. The van der Waals surface area contributed by atoms with Crippen LogP contribution in [0.25, 0.3) is 26.7 Å². The topological polar surface area (TPSA) is 144 Å². The molecule has 3 N–H and O–H groups in total. The lowest BCUT2D eigenvalue weighted by molar-refractivity contribution is -0.134. The number of nitrogens with zero attached hydrogens (tertiary/aromatic N) is 4. The average Bonchev–Trinajstić information content (AvgIpc) is 3.83. The van der Waals surface area contributed by atoms with Crippen LogP contribution in [0, 0.1) is 20.8 Å². The number of hydrogen-bond acceptors (Lipinski definition) is 9. The van der Waals surface area contributed by atoms with Gasteiger partial charge < -0.3 is 15.1 Å². The molecule has 8 rings (SSSR count). The van der Waals surface area contributed by atoms with E-state index in [4.69, 9.17) is 21.0 Å². The van der Waals surface area contributed by atoms with Crippen molar-refractivity contribution in [1.29, 1.82) is 0 Å². The van der Waals surface area contributed by atoms with E-state index in [-0.39, 0.29) is 24.1 Å². The summed E-state index contributed by atoms with van der Waals surface area (Å²) >= 11 is 7.93. The van der Waals surface area contributed by atoms with Crippen molar-refractivity contribution < 1.29 is 18.8 Å². The SMILES string of the molecule is Cc1sc2c(c1C)C(c1ccc(Cl)cc1)=N[C@@H](CC(=O)NCCCCCCNc1ccc3c(ccc4occ(C5CCC(=O)NC5=O)c43)c1)c1nnc(C)n1-2. The molecule has 0 radical (unpaired) electrons. The first kappa shape index (κ1) is 36.6. The highest BCUT2D eigenvalue weighted by atomic mass is 35.5. The largest absolute Gasteiger partial charge is 0.464 e. The number of nitrogens with one attached hydrogen (secondary N) is 3. The van der Waals surface area contributed by atoms with Crippen LogP contribution >= 0.6 is 22.9 Å². The number of piperidine rings is 1. The van der Waals surface area contributed by atoms with Gasteiger partial charge in [0.25, 0.3) is 0 Å². The minimum atomic E-state index is -0.495. The Kier molecular flexibility index (Phi) is 10.3. The molecule has 1 unspecified atom stereocenters. The van der Waals surface area contributed by atoms with Gasteiger partial charge in [0, 0.05) is 57.2 Å². The van der Waals surface area contributed by atoms with Crippen molar-refractivity contribution in [2.75, 3.05) is 18.4 Å². The fourth-order valence-corrected chi connectivity index (χ4v) is 9.03. The molecule has 3 amide bonds. The number of hydrogen-bond donors (Lipinski definition) is 3. The first-order valence-electron chi connectivity index (χ1n) is 18.8. The molecule has 2 atom stereocenters. The number of thiophene rings is 1. The smallest absolute Gasteiger partial charge is 0.234 e. The lowest BCUT2D eigenvalue weighted by Crippen LogP contribution is -2.39. The molecule has 2 aliphatic heterocycles. The second-order valence-electron chi connectivity index (χ2n) is 14.4. The second kappa shape index (κ2) is 15.4. The van der Waals surface area contributed by atoms with Gasteiger partial charge in [-0.1, -0.05) is 48.7 Å². The highest BCUT2D eigenvalue weighted by Gasteiger charge is 2.33. The maximum absolute atomic E-state index is 13.3. The van der Waals surface area contributed by atoms with Crippen LogP contribution in [-0.4, -0.2) is 51.3 Å². The molecular formula is C42H42ClN7O4S. The van der Waals surface area contributed by atoms with Gasteiger partial charge in [0.05, 0.1) is 24.3 Å². The lowest BCUT2D eigenvalue weighted by atomic mass is 9.89. The van der Waals surface area contributed by atoms with E-state index in [2.05, 4.69) is 62.8 Å². The van der Waals surface area contributed by atoms with Crippen molar-refractivity contribution in [1.82, 2.24) is 25.4 Å². The summed E-state index contributed by atoms with van der Waals surface area (Å²) in [6.45, 7) is 7.59. The summed E-state index contributed by atoms with van der Waals surface area (Å²) in [6, 6.07) is 17.4. The Balaban J connectivity index is 0.840. The van der Waals surface area contributed by atoms with Gasteiger partial charge in [0.15, 0.2) is 5.82 Å². The summed E-state index contributed by atoms with van der Waals surface area (Å²) in [6.07, 6.45) is 6.52. The number of halogens is 1. The van der Waals surface area contributed by atoms with Crippen LogP contribution in [0.2, 0.25) is 5.02 Å². The lowest BCUT2D eigenvalue weighted by Gasteiger charge is -2.20. The molecule has 13 heteroatoms. The van der Waals surface area contributed by atoms with Gasteiger partial charge in [-0.2, -0.15) is 0 Å². The fourth-order valence-electron chi connectivity index (χ4n) is 7.69. The van der Waals surface area contributed by atoms with E-state index in [0.717, 1.165) is 98.4 Å². The van der Waals surface area contributed by atoms with E-state index in [1.165, 1.54) is 4.88 Å². The third-order valence-corrected chi connectivity index (χ3v) is 12.1. The summed E-state index contributed by atoms with van der Waals surface area (Å²) in [4.78, 5) is 44.0. The molecule has 5 heterocycles. The number of anilines is 1. The Hall–Kier alpha value is -5.33. The van der Waals surface area contributed by atoms with Crippen molar-refractivity contribution in [2.45, 2.75) is 77.7 Å². The van der Waals surface area contributed by atoms with Gasteiger partial charge in [-0.25, -0.2) is 0 Å². The first-order chi connectivity index (χ1) is 26.7. The zero-order chi connectivity index (χ0) is 38.2.